The maximum Gasteiger partial charge on any atom is 0.159 e. The standard InChI is InChI=1S/C12H14ClN5S/c1-7-10-12(17(3)16-7)18(9(6-13)15-10)8(2)11-14-4-5-19-11/h4-5,8H,6H2,1-3H3. The molecule has 3 heterocycles. The molecular weight excluding hydrogens is 282 g/mol. The fraction of sp³-hybridized carbons (Fsp3) is 0.417. The van der Waals surface area contributed by atoms with Crippen molar-refractivity contribution < 1.29 is 0 Å². The fourth-order valence-electron chi connectivity index (χ4n) is 2.39. The molecule has 0 aliphatic rings. The Bertz CT molecular complexity index is 712. The molecule has 7 heteroatoms. The van der Waals surface area contributed by atoms with Crippen LogP contribution in [0.3, 0.4) is 0 Å². The maximum absolute atomic E-state index is 6.04. The molecule has 0 bridgehead atoms. The van der Waals surface area contributed by atoms with E-state index in [0.717, 1.165) is 27.7 Å². The van der Waals surface area contributed by atoms with Crippen LogP contribution in [0.1, 0.15) is 29.5 Å². The van der Waals surface area contributed by atoms with E-state index in [2.05, 4.69) is 26.6 Å². The highest BCUT2D eigenvalue weighted by atomic mass is 35.5. The van der Waals surface area contributed by atoms with Crippen LogP contribution in [0.5, 0.6) is 0 Å². The molecule has 5 nitrogen and oxygen atoms in total. The van der Waals surface area contributed by atoms with Crippen molar-refractivity contribution in [2.45, 2.75) is 25.8 Å². The molecule has 1 unspecified atom stereocenters. The van der Waals surface area contributed by atoms with Gasteiger partial charge in [0.05, 0.1) is 17.6 Å². The normalized spacial score (nSPS) is 13.3. The van der Waals surface area contributed by atoms with Gasteiger partial charge in [0.1, 0.15) is 16.3 Å². The van der Waals surface area contributed by atoms with Crippen molar-refractivity contribution in [3.8, 4) is 0 Å². The maximum atomic E-state index is 6.04. The Labute approximate surface area is 119 Å². The van der Waals surface area contributed by atoms with E-state index >= 15 is 0 Å². The van der Waals surface area contributed by atoms with Crippen molar-refractivity contribution in [1.29, 1.82) is 0 Å². The molecule has 0 aromatic carbocycles. The summed E-state index contributed by atoms with van der Waals surface area (Å²) in [7, 11) is 1.93. The Morgan fingerprint density at radius 1 is 1.47 bits per heavy atom. The van der Waals surface area contributed by atoms with Crippen LogP contribution in [0, 0.1) is 6.92 Å². The molecule has 3 aromatic heterocycles. The highest BCUT2D eigenvalue weighted by molar-refractivity contribution is 7.09. The SMILES string of the molecule is Cc1nn(C)c2c1nc(CCl)n2C(C)c1nccs1. The fourth-order valence-corrected chi connectivity index (χ4v) is 3.27. The number of halogens is 1. The van der Waals surface area contributed by atoms with Gasteiger partial charge in [-0.15, -0.1) is 22.9 Å². The van der Waals surface area contributed by atoms with E-state index in [1.54, 1.807) is 11.3 Å². The number of imidazole rings is 1. The van der Waals surface area contributed by atoms with Crippen LogP contribution < -0.4 is 0 Å². The third-order valence-electron chi connectivity index (χ3n) is 3.22. The molecule has 0 radical (unpaired) electrons. The quantitative estimate of drug-likeness (QED) is 0.698. The highest BCUT2D eigenvalue weighted by Crippen LogP contribution is 2.28. The lowest BCUT2D eigenvalue weighted by Gasteiger charge is -2.14. The Balaban J connectivity index is 2.26. The van der Waals surface area contributed by atoms with Crippen molar-refractivity contribution in [3.63, 3.8) is 0 Å². The molecule has 19 heavy (non-hydrogen) atoms. The Morgan fingerprint density at radius 2 is 2.26 bits per heavy atom. The second-order valence-electron chi connectivity index (χ2n) is 4.46. The predicted octanol–water partition coefficient (Wildman–Crippen LogP) is 2.88. The Hall–Kier alpha value is -1.40. The van der Waals surface area contributed by atoms with E-state index in [1.165, 1.54) is 0 Å². The van der Waals surface area contributed by atoms with Crippen LogP contribution in [-0.4, -0.2) is 24.3 Å². The Kier molecular flexibility index (Phi) is 3.06. The number of aromatic nitrogens is 5. The highest BCUT2D eigenvalue weighted by Gasteiger charge is 2.22. The van der Waals surface area contributed by atoms with Gasteiger partial charge in [0, 0.05) is 18.6 Å². The summed E-state index contributed by atoms with van der Waals surface area (Å²) >= 11 is 7.68. The van der Waals surface area contributed by atoms with Crippen LogP contribution in [-0.2, 0) is 12.9 Å². The summed E-state index contributed by atoms with van der Waals surface area (Å²) < 4.78 is 3.99. The van der Waals surface area contributed by atoms with E-state index in [9.17, 15) is 0 Å². The molecule has 0 spiro atoms. The molecule has 0 N–H and O–H groups in total. The first-order valence-electron chi connectivity index (χ1n) is 5.99. The molecule has 0 saturated carbocycles. The number of fused-ring (bicyclic) bond motifs is 1. The number of alkyl halides is 1. The summed E-state index contributed by atoms with van der Waals surface area (Å²) in [4.78, 5) is 8.99. The van der Waals surface area contributed by atoms with Crippen LogP contribution in [0.4, 0.5) is 0 Å². The molecule has 0 saturated heterocycles. The topological polar surface area (TPSA) is 48.5 Å². The van der Waals surface area contributed by atoms with Crippen LogP contribution in [0.15, 0.2) is 11.6 Å². The van der Waals surface area contributed by atoms with Gasteiger partial charge in [0.25, 0.3) is 0 Å². The largest absolute Gasteiger partial charge is 0.302 e. The minimum Gasteiger partial charge on any atom is -0.302 e. The van der Waals surface area contributed by atoms with E-state index in [1.807, 2.05) is 30.2 Å². The molecule has 100 valence electrons. The third kappa shape index (κ3) is 1.86. The lowest BCUT2D eigenvalue weighted by atomic mass is 10.3. The van der Waals surface area contributed by atoms with Crippen molar-refractivity contribution >= 4 is 34.1 Å². The van der Waals surface area contributed by atoms with Gasteiger partial charge in [-0.25, -0.2) is 9.97 Å². The number of hydrogen-bond donors (Lipinski definition) is 0. The molecule has 0 amide bonds. The molecular formula is C12H14ClN5S. The summed E-state index contributed by atoms with van der Waals surface area (Å²) in [5.74, 6) is 1.24. The van der Waals surface area contributed by atoms with Crippen molar-refractivity contribution in [1.82, 2.24) is 24.3 Å². The van der Waals surface area contributed by atoms with Crippen molar-refractivity contribution in [2.75, 3.05) is 0 Å². The van der Waals surface area contributed by atoms with Gasteiger partial charge < -0.3 is 4.57 Å². The number of hydrogen-bond acceptors (Lipinski definition) is 4. The zero-order valence-corrected chi connectivity index (χ0v) is 12.5. The zero-order valence-electron chi connectivity index (χ0n) is 11.0. The monoisotopic (exact) mass is 295 g/mol. The second kappa shape index (κ2) is 4.61. The van der Waals surface area contributed by atoms with Gasteiger partial charge in [0.15, 0.2) is 5.65 Å². The predicted molar refractivity (Wildman–Crippen MR) is 76.7 cm³/mol. The number of thiazole rings is 1. The van der Waals surface area contributed by atoms with Crippen molar-refractivity contribution in [3.05, 3.63) is 28.1 Å². The summed E-state index contributed by atoms with van der Waals surface area (Å²) in [6.07, 6.45) is 1.82. The van der Waals surface area contributed by atoms with Crippen LogP contribution in [0.25, 0.3) is 11.2 Å². The molecule has 0 fully saturated rings. The first-order chi connectivity index (χ1) is 9.13. The van der Waals surface area contributed by atoms with Gasteiger partial charge in [-0.3, -0.25) is 4.68 Å². The van der Waals surface area contributed by atoms with Gasteiger partial charge in [-0.05, 0) is 13.8 Å². The zero-order chi connectivity index (χ0) is 13.6. The minimum atomic E-state index is 0.105. The van der Waals surface area contributed by atoms with Crippen LogP contribution >= 0.6 is 22.9 Å². The lowest BCUT2D eigenvalue weighted by molar-refractivity contribution is 0.604. The van der Waals surface area contributed by atoms with E-state index in [4.69, 9.17) is 11.6 Å². The van der Waals surface area contributed by atoms with Gasteiger partial charge in [0.2, 0.25) is 0 Å². The molecule has 0 aliphatic carbocycles. The summed E-state index contributed by atoms with van der Waals surface area (Å²) in [5, 5.41) is 7.45. The summed E-state index contributed by atoms with van der Waals surface area (Å²) in [6.45, 7) is 4.07. The summed E-state index contributed by atoms with van der Waals surface area (Å²) in [5.41, 5.74) is 2.84. The Morgan fingerprint density at radius 3 is 2.89 bits per heavy atom. The number of nitrogens with zero attached hydrogens (tertiary/aromatic N) is 5. The second-order valence-corrected chi connectivity index (χ2v) is 5.65. The molecule has 3 rings (SSSR count). The van der Waals surface area contributed by atoms with E-state index < -0.39 is 0 Å². The first-order valence-corrected chi connectivity index (χ1v) is 7.40. The summed E-state index contributed by atoms with van der Waals surface area (Å²) in [6, 6.07) is 0.105. The average molecular weight is 296 g/mol. The number of aryl methyl sites for hydroxylation is 2. The smallest absolute Gasteiger partial charge is 0.159 e. The minimum absolute atomic E-state index is 0.105. The molecule has 1 atom stereocenters. The van der Waals surface area contributed by atoms with E-state index in [-0.39, 0.29) is 6.04 Å². The van der Waals surface area contributed by atoms with Crippen LogP contribution in [0.2, 0.25) is 0 Å². The van der Waals surface area contributed by atoms with Crippen molar-refractivity contribution in [2.24, 2.45) is 7.05 Å². The van der Waals surface area contributed by atoms with Gasteiger partial charge >= 0.3 is 0 Å². The van der Waals surface area contributed by atoms with E-state index in [0.29, 0.717) is 5.88 Å². The average Bonchev–Trinajstić information content (AvgIpc) is 3.08. The van der Waals surface area contributed by atoms with Gasteiger partial charge in [-0.1, -0.05) is 0 Å². The third-order valence-corrected chi connectivity index (χ3v) is 4.41. The van der Waals surface area contributed by atoms with Gasteiger partial charge in [-0.2, -0.15) is 5.10 Å². The molecule has 0 aliphatic heterocycles. The first kappa shape index (κ1) is 12.6. The number of rotatable bonds is 3. The molecule has 3 aromatic rings. The lowest BCUT2D eigenvalue weighted by Crippen LogP contribution is -2.12.